The van der Waals surface area contributed by atoms with E-state index in [-0.39, 0.29) is 10.7 Å². The Morgan fingerprint density at radius 3 is 2.75 bits per heavy atom. The normalized spacial score (nSPS) is 16.9. The molecule has 2 aromatic heterocycles. The molecule has 2 aromatic rings. The summed E-state index contributed by atoms with van der Waals surface area (Å²) >= 11 is 1.92. The van der Waals surface area contributed by atoms with Gasteiger partial charge in [-0.1, -0.05) is 6.92 Å². The number of rotatable bonds is 6. The van der Waals surface area contributed by atoms with Gasteiger partial charge in [0.1, 0.15) is 11.4 Å². The summed E-state index contributed by atoms with van der Waals surface area (Å²) in [7, 11) is 1.85. The molecular formula is C17H24N4O2S. The Labute approximate surface area is 146 Å². The molecular weight excluding hydrogens is 324 g/mol. The van der Waals surface area contributed by atoms with Crippen LogP contribution in [0.4, 0.5) is 0 Å². The minimum atomic E-state index is -0.0747. The molecule has 0 spiro atoms. The number of ether oxygens (including phenoxy) is 1. The molecule has 0 atom stereocenters. The zero-order valence-electron chi connectivity index (χ0n) is 14.2. The highest BCUT2D eigenvalue weighted by Gasteiger charge is 2.33. The second-order valence-corrected chi connectivity index (χ2v) is 7.74. The highest BCUT2D eigenvalue weighted by atomic mass is 32.2. The number of aryl methyl sites for hydroxylation is 1. The van der Waals surface area contributed by atoms with Crippen LogP contribution in [-0.2, 0) is 11.8 Å². The first kappa shape index (κ1) is 17.1. The van der Waals surface area contributed by atoms with Crippen LogP contribution in [0, 0.1) is 0 Å². The minimum absolute atomic E-state index is 0.0747. The number of nitrogens with zero attached hydrogens (tertiary/aromatic N) is 3. The third-order valence-corrected chi connectivity index (χ3v) is 5.88. The zero-order valence-corrected chi connectivity index (χ0v) is 15.0. The molecule has 130 valence electrons. The molecule has 0 radical (unpaired) electrons. The molecule has 6 nitrogen and oxygen atoms in total. The number of thioether (sulfide) groups is 1. The summed E-state index contributed by atoms with van der Waals surface area (Å²) in [5.74, 6) is 1.74. The fourth-order valence-electron chi connectivity index (χ4n) is 3.13. The van der Waals surface area contributed by atoms with Crippen molar-refractivity contribution in [2.24, 2.45) is 7.05 Å². The van der Waals surface area contributed by atoms with Crippen LogP contribution in [0.1, 0.15) is 30.1 Å². The fourth-order valence-corrected chi connectivity index (χ4v) is 4.37. The van der Waals surface area contributed by atoms with Gasteiger partial charge in [0.2, 0.25) is 0 Å². The smallest absolute Gasteiger partial charge is 0.256 e. The lowest BCUT2D eigenvalue weighted by Crippen LogP contribution is -2.44. The number of nitrogens with one attached hydrogen (secondary N) is 1. The summed E-state index contributed by atoms with van der Waals surface area (Å²) in [6, 6.07) is 3.87. The van der Waals surface area contributed by atoms with Crippen LogP contribution in [-0.4, -0.2) is 50.5 Å². The lowest BCUT2D eigenvalue weighted by molar-refractivity contribution is 0.0741. The van der Waals surface area contributed by atoms with E-state index in [4.69, 9.17) is 4.74 Å². The van der Waals surface area contributed by atoms with E-state index in [1.165, 1.54) is 0 Å². The fraction of sp³-hybridized carbons (Fsp3) is 0.529. The van der Waals surface area contributed by atoms with Crippen molar-refractivity contribution >= 4 is 17.7 Å². The molecule has 3 heterocycles. The molecule has 0 bridgehead atoms. The van der Waals surface area contributed by atoms with E-state index in [9.17, 15) is 4.79 Å². The Balaban J connectivity index is 1.74. The van der Waals surface area contributed by atoms with Crippen molar-refractivity contribution in [2.75, 3.05) is 25.5 Å². The van der Waals surface area contributed by atoms with Gasteiger partial charge >= 0.3 is 0 Å². The van der Waals surface area contributed by atoms with E-state index in [1.807, 2.05) is 47.9 Å². The van der Waals surface area contributed by atoms with Gasteiger partial charge in [0.05, 0.1) is 6.20 Å². The lowest BCUT2D eigenvalue weighted by Gasteiger charge is -2.36. The molecule has 0 unspecified atom stereocenters. The first-order valence-corrected chi connectivity index (χ1v) is 9.29. The molecule has 1 N–H and O–H groups in total. The standard InChI is InChI=1S/C17H24N4O2S/c1-3-24-17(6-10-23-11-7-17)13-18-15(22)14-12-19-20(2)16(14)21-8-4-5-9-21/h4-5,8-9,12H,3,6-7,10-11,13H2,1-2H3,(H,18,22). The Morgan fingerprint density at radius 1 is 1.38 bits per heavy atom. The van der Waals surface area contributed by atoms with Gasteiger partial charge < -0.3 is 14.6 Å². The van der Waals surface area contributed by atoms with Gasteiger partial charge in [0.15, 0.2) is 0 Å². The number of amides is 1. The van der Waals surface area contributed by atoms with E-state index in [2.05, 4.69) is 17.3 Å². The molecule has 1 aliphatic heterocycles. The summed E-state index contributed by atoms with van der Waals surface area (Å²) in [4.78, 5) is 12.7. The first-order valence-electron chi connectivity index (χ1n) is 8.30. The first-order chi connectivity index (χ1) is 11.7. The summed E-state index contributed by atoms with van der Waals surface area (Å²) in [6.07, 6.45) is 7.42. The number of carbonyl (C=O) groups excluding carboxylic acids is 1. The monoisotopic (exact) mass is 348 g/mol. The Hall–Kier alpha value is -1.73. The Morgan fingerprint density at radius 2 is 2.08 bits per heavy atom. The molecule has 0 aliphatic carbocycles. The second-order valence-electron chi connectivity index (χ2n) is 6.01. The number of aromatic nitrogens is 3. The van der Waals surface area contributed by atoms with Crippen LogP contribution in [0.2, 0.25) is 0 Å². The van der Waals surface area contributed by atoms with Crippen LogP contribution in [0.25, 0.3) is 5.82 Å². The largest absolute Gasteiger partial charge is 0.381 e. The lowest BCUT2D eigenvalue weighted by atomic mass is 9.99. The molecule has 0 aromatic carbocycles. The maximum Gasteiger partial charge on any atom is 0.256 e. The minimum Gasteiger partial charge on any atom is -0.381 e. The zero-order chi connectivity index (χ0) is 17.0. The van der Waals surface area contributed by atoms with E-state index < -0.39 is 0 Å². The molecule has 0 saturated carbocycles. The van der Waals surface area contributed by atoms with Gasteiger partial charge in [-0.15, -0.1) is 0 Å². The predicted octanol–water partition coefficient (Wildman–Crippen LogP) is 2.24. The van der Waals surface area contributed by atoms with E-state index in [1.54, 1.807) is 10.9 Å². The molecule has 1 saturated heterocycles. The van der Waals surface area contributed by atoms with Crippen molar-refractivity contribution in [1.29, 1.82) is 0 Å². The summed E-state index contributed by atoms with van der Waals surface area (Å²) in [5, 5.41) is 7.38. The van der Waals surface area contributed by atoms with Gasteiger partial charge in [-0.2, -0.15) is 16.9 Å². The van der Waals surface area contributed by atoms with Crippen molar-refractivity contribution in [2.45, 2.75) is 24.5 Å². The van der Waals surface area contributed by atoms with Crippen LogP contribution < -0.4 is 5.32 Å². The van der Waals surface area contributed by atoms with E-state index in [0.717, 1.165) is 37.6 Å². The third-order valence-electron chi connectivity index (χ3n) is 4.43. The summed E-state index contributed by atoms with van der Waals surface area (Å²) in [6.45, 7) is 4.36. The molecule has 1 fully saturated rings. The van der Waals surface area contributed by atoms with Gasteiger partial charge in [0.25, 0.3) is 5.91 Å². The Bertz CT molecular complexity index is 669. The molecule has 1 amide bonds. The summed E-state index contributed by atoms with van der Waals surface area (Å²) in [5.41, 5.74) is 0.595. The quantitative estimate of drug-likeness (QED) is 0.870. The topological polar surface area (TPSA) is 61.1 Å². The number of hydrogen-bond donors (Lipinski definition) is 1. The molecule has 3 rings (SSSR count). The molecule has 24 heavy (non-hydrogen) atoms. The van der Waals surface area contributed by atoms with Gasteiger partial charge in [0, 0.05) is 43.9 Å². The number of carbonyl (C=O) groups is 1. The van der Waals surface area contributed by atoms with Gasteiger partial charge in [-0.05, 0) is 30.7 Å². The highest BCUT2D eigenvalue weighted by Crippen LogP contribution is 2.34. The van der Waals surface area contributed by atoms with Crippen molar-refractivity contribution in [3.63, 3.8) is 0 Å². The third kappa shape index (κ3) is 3.52. The average molecular weight is 348 g/mol. The number of hydrogen-bond acceptors (Lipinski definition) is 4. The van der Waals surface area contributed by atoms with Crippen molar-refractivity contribution < 1.29 is 9.53 Å². The van der Waals surface area contributed by atoms with E-state index >= 15 is 0 Å². The van der Waals surface area contributed by atoms with Gasteiger partial charge in [-0.25, -0.2) is 0 Å². The maximum absolute atomic E-state index is 12.7. The van der Waals surface area contributed by atoms with Crippen LogP contribution >= 0.6 is 11.8 Å². The molecule has 7 heteroatoms. The van der Waals surface area contributed by atoms with Gasteiger partial charge in [-0.3, -0.25) is 9.48 Å². The molecule has 1 aliphatic rings. The Kier molecular flexibility index (Phi) is 5.30. The van der Waals surface area contributed by atoms with Crippen molar-refractivity contribution in [1.82, 2.24) is 19.7 Å². The van der Waals surface area contributed by atoms with Crippen LogP contribution in [0.15, 0.2) is 30.7 Å². The maximum atomic E-state index is 12.7. The highest BCUT2D eigenvalue weighted by molar-refractivity contribution is 8.00. The predicted molar refractivity (Wildman–Crippen MR) is 95.8 cm³/mol. The van der Waals surface area contributed by atoms with E-state index in [0.29, 0.717) is 12.1 Å². The summed E-state index contributed by atoms with van der Waals surface area (Å²) < 4.78 is 9.20. The SMILES string of the molecule is CCSC1(CNC(=O)c2cnn(C)c2-n2cccc2)CCOCC1. The van der Waals surface area contributed by atoms with Crippen LogP contribution in [0.5, 0.6) is 0 Å². The van der Waals surface area contributed by atoms with Crippen LogP contribution in [0.3, 0.4) is 0 Å². The van der Waals surface area contributed by atoms with Crippen molar-refractivity contribution in [3.05, 3.63) is 36.3 Å². The average Bonchev–Trinajstić information content (AvgIpc) is 3.23. The van der Waals surface area contributed by atoms with Crippen molar-refractivity contribution in [3.8, 4) is 5.82 Å². The second kappa shape index (κ2) is 7.44.